The lowest BCUT2D eigenvalue weighted by molar-refractivity contribution is -0.153. The number of carbonyl (C=O) groups excluding carboxylic acids is 2. The van der Waals surface area contributed by atoms with Crippen molar-refractivity contribution in [3.63, 3.8) is 0 Å². The number of nitrogens with one attached hydrogen (secondary N) is 1. The van der Waals surface area contributed by atoms with Crippen LogP contribution in [0.3, 0.4) is 0 Å². The first kappa shape index (κ1) is 16.1. The molecule has 2 rings (SSSR count). The van der Waals surface area contributed by atoms with Crippen molar-refractivity contribution in [2.75, 3.05) is 5.32 Å². The Bertz CT molecular complexity index is 601. The molecule has 1 aliphatic carbocycles. The van der Waals surface area contributed by atoms with Crippen LogP contribution in [0.5, 0.6) is 0 Å². The van der Waals surface area contributed by atoms with E-state index in [1.54, 1.807) is 0 Å². The van der Waals surface area contributed by atoms with Crippen molar-refractivity contribution in [1.29, 1.82) is 0 Å². The number of hydrogen-bond donors (Lipinski definition) is 1. The van der Waals surface area contributed by atoms with Crippen LogP contribution in [-0.2, 0) is 14.3 Å². The Morgan fingerprint density at radius 3 is 2.82 bits per heavy atom. The molecule has 0 fully saturated rings. The summed E-state index contributed by atoms with van der Waals surface area (Å²) in [6, 6.07) is 2.81. The van der Waals surface area contributed by atoms with Gasteiger partial charge in [0.05, 0.1) is 12.1 Å². The fraction of sp³-hybridized carbons (Fsp3) is 0.375. The zero-order chi connectivity index (χ0) is 16.1. The van der Waals surface area contributed by atoms with Gasteiger partial charge in [-0.1, -0.05) is 12.2 Å². The summed E-state index contributed by atoms with van der Waals surface area (Å²) in [5, 5.41) is 2.26. The summed E-state index contributed by atoms with van der Waals surface area (Å²) in [7, 11) is 0. The lowest BCUT2D eigenvalue weighted by Gasteiger charge is -2.15. The molecular weight excluding hydrogens is 292 g/mol. The predicted octanol–water partition coefficient (Wildman–Crippen LogP) is 3.19. The van der Waals surface area contributed by atoms with E-state index in [4.69, 9.17) is 4.74 Å². The number of hydrogen-bond acceptors (Lipinski definition) is 3. The number of amides is 1. The van der Waals surface area contributed by atoms with E-state index in [1.165, 1.54) is 6.92 Å². The summed E-state index contributed by atoms with van der Waals surface area (Å²) >= 11 is 0. The average Bonchev–Trinajstić information content (AvgIpc) is 2.94. The topological polar surface area (TPSA) is 55.4 Å². The lowest BCUT2D eigenvalue weighted by Crippen LogP contribution is -2.30. The molecule has 118 valence electrons. The van der Waals surface area contributed by atoms with Crippen LogP contribution in [0.15, 0.2) is 30.4 Å². The summed E-state index contributed by atoms with van der Waals surface area (Å²) in [4.78, 5) is 23.6. The molecule has 2 atom stereocenters. The summed E-state index contributed by atoms with van der Waals surface area (Å²) in [6.07, 6.45) is 4.97. The van der Waals surface area contributed by atoms with Crippen molar-refractivity contribution in [2.45, 2.75) is 32.3 Å². The van der Waals surface area contributed by atoms with Crippen molar-refractivity contribution < 1.29 is 23.1 Å². The van der Waals surface area contributed by atoms with Crippen LogP contribution >= 0.6 is 0 Å². The van der Waals surface area contributed by atoms with Crippen molar-refractivity contribution >= 4 is 17.6 Å². The fourth-order valence-electron chi connectivity index (χ4n) is 2.20. The van der Waals surface area contributed by atoms with E-state index >= 15 is 0 Å². The van der Waals surface area contributed by atoms with Crippen molar-refractivity contribution in [3.8, 4) is 0 Å². The van der Waals surface area contributed by atoms with Gasteiger partial charge in [-0.15, -0.1) is 0 Å². The molecule has 22 heavy (non-hydrogen) atoms. The van der Waals surface area contributed by atoms with Crippen LogP contribution < -0.4 is 5.32 Å². The first-order chi connectivity index (χ1) is 10.5. The third kappa shape index (κ3) is 4.38. The Morgan fingerprint density at radius 1 is 1.41 bits per heavy atom. The Morgan fingerprint density at radius 2 is 2.18 bits per heavy atom. The molecule has 0 heterocycles. The van der Waals surface area contributed by atoms with E-state index in [9.17, 15) is 18.4 Å². The number of halogens is 2. The van der Waals surface area contributed by atoms with Crippen LogP contribution in [-0.4, -0.2) is 18.0 Å². The highest BCUT2D eigenvalue weighted by atomic mass is 19.1. The normalized spacial score (nSPS) is 18.0. The predicted molar refractivity (Wildman–Crippen MR) is 77.0 cm³/mol. The highest BCUT2D eigenvalue weighted by Gasteiger charge is 2.21. The third-order valence-corrected chi connectivity index (χ3v) is 3.41. The molecule has 1 aliphatic rings. The van der Waals surface area contributed by atoms with E-state index < -0.39 is 29.6 Å². The number of allylic oxidation sites excluding steroid dienone is 2. The van der Waals surface area contributed by atoms with Gasteiger partial charge in [-0.05, 0) is 37.8 Å². The minimum Gasteiger partial charge on any atom is -0.453 e. The zero-order valence-corrected chi connectivity index (χ0v) is 12.1. The zero-order valence-electron chi connectivity index (χ0n) is 12.1. The number of benzene rings is 1. The summed E-state index contributed by atoms with van der Waals surface area (Å²) in [5.41, 5.74) is -0.159. The summed E-state index contributed by atoms with van der Waals surface area (Å²) < 4.78 is 31.2. The van der Waals surface area contributed by atoms with Gasteiger partial charge in [-0.3, -0.25) is 9.59 Å². The number of carbonyl (C=O) groups is 2. The maximum Gasteiger partial charge on any atom is 0.307 e. The molecule has 0 bridgehead atoms. The first-order valence-corrected chi connectivity index (χ1v) is 7.08. The van der Waals surface area contributed by atoms with Gasteiger partial charge in [0.1, 0.15) is 11.6 Å². The Kier molecular flexibility index (Phi) is 5.25. The Balaban J connectivity index is 1.85. The smallest absolute Gasteiger partial charge is 0.307 e. The van der Waals surface area contributed by atoms with Crippen LogP contribution in [0.2, 0.25) is 0 Å². The van der Waals surface area contributed by atoms with Gasteiger partial charge in [-0.2, -0.15) is 0 Å². The second-order valence-electron chi connectivity index (χ2n) is 5.22. The molecule has 6 heteroatoms. The number of esters is 1. The standard InChI is InChI=1S/C16H17F2NO3/c1-10(22-15(20)8-11-4-2-3-5-11)16(21)19-14-7-6-12(17)9-13(14)18/h2,4,6-7,9-11H,3,5,8H2,1H3,(H,19,21)/t10-,11-/m0/s1. The van der Waals surface area contributed by atoms with E-state index in [1.807, 2.05) is 12.2 Å². The lowest BCUT2D eigenvalue weighted by atomic mass is 10.1. The quantitative estimate of drug-likeness (QED) is 0.671. The second-order valence-corrected chi connectivity index (χ2v) is 5.22. The fourth-order valence-corrected chi connectivity index (χ4v) is 2.20. The summed E-state index contributed by atoms with van der Waals surface area (Å²) in [6.45, 7) is 1.40. The van der Waals surface area contributed by atoms with Crippen molar-refractivity contribution in [1.82, 2.24) is 0 Å². The highest BCUT2D eigenvalue weighted by Crippen LogP contribution is 2.21. The van der Waals surface area contributed by atoms with Gasteiger partial charge in [-0.25, -0.2) is 8.78 Å². The molecule has 0 aliphatic heterocycles. The molecule has 1 aromatic rings. The van der Waals surface area contributed by atoms with Gasteiger partial charge in [0.25, 0.3) is 5.91 Å². The van der Waals surface area contributed by atoms with Crippen LogP contribution in [0.25, 0.3) is 0 Å². The van der Waals surface area contributed by atoms with Gasteiger partial charge >= 0.3 is 5.97 Å². The van der Waals surface area contributed by atoms with Gasteiger partial charge < -0.3 is 10.1 Å². The molecular formula is C16H17F2NO3. The van der Waals surface area contributed by atoms with Crippen LogP contribution in [0.1, 0.15) is 26.2 Å². The maximum absolute atomic E-state index is 13.4. The van der Waals surface area contributed by atoms with E-state index in [-0.39, 0.29) is 18.0 Å². The summed E-state index contributed by atoms with van der Waals surface area (Å²) in [5.74, 6) is -2.61. The molecule has 4 nitrogen and oxygen atoms in total. The van der Waals surface area contributed by atoms with Crippen LogP contribution in [0.4, 0.5) is 14.5 Å². The molecule has 0 unspecified atom stereocenters. The molecule has 1 N–H and O–H groups in total. The first-order valence-electron chi connectivity index (χ1n) is 7.08. The Hall–Kier alpha value is -2.24. The monoisotopic (exact) mass is 309 g/mol. The van der Waals surface area contributed by atoms with Gasteiger partial charge in [0.15, 0.2) is 6.10 Å². The third-order valence-electron chi connectivity index (χ3n) is 3.41. The second kappa shape index (κ2) is 7.15. The number of rotatable bonds is 5. The molecule has 1 amide bonds. The van der Waals surface area contributed by atoms with Gasteiger partial charge in [0.2, 0.25) is 0 Å². The largest absolute Gasteiger partial charge is 0.453 e. The van der Waals surface area contributed by atoms with Gasteiger partial charge in [0, 0.05) is 6.07 Å². The maximum atomic E-state index is 13.4. The molecule has 1 aromatic carbocycles. The minimum absolute atomic E-state index is 0.150. The average molecular weight is 309 g/mol. The van der Waals surface area contributed by atoms with Crippen molar-refractivity contribution in [3.05, 3.63) is 42.0 Å². The van der Waals surface area contributed by atoms with E-state index in [0.717, 1.165) is 25.0 Å². The molecule has 0 radical (unpaired) electrons. The van der Waals surface area contributed by atoms with Crippen molar-refractivity contribution in [2.24, 2.45) is 5.92 Å². The number of ether oxygens (including phenoxy) is 1. The molecule has 0 saturated carbocycles. The molecule has 0 spiro atoms. The van der Waals surface area contributed by atoms with E-state index in [2.05, 4.69) is 5.32 Å². The van der Waals surface area contributed by atoms with E-state index in [0.29, 0.717) is 6.07 Å². The van der Waals surface area contributed by atoms with Crippen LogP contribution in [0, 0.1) is 17.6 Å². The minimum atomic E-state index is -1.05. The Labute approximate surface area is 127 Å². The molecule has 0 saturated heterocycles. The molecule has 0 aromatic heterocycles. The SMILES string of the molecule is C[C@H](OC(=O)C[C@H]1C=CCC1)C(=O)Nc1ccc(F)cc1F. The highest BCUT2D eigenvalue weighted by molar-refractivity contribution is 5.95. The number of anilines is 1.